The van der Waals surface area contributed by atoms with Crippen molar-refractivity contribution in [1.82, 2.24) is 0 Å². The Morgan fingerprint density at radius 3 is 2.48 bits per heavy atom. The monoisotopic (exact) mass is 419 g/mol. The molecule has 0 aliphatic heterocycles. The molecular formula is C14H8F2INO2S. The zero-order valence-corrected chi connectivity index (χ0v) is 13.4. The number of hydrogen-bond donors (Lipinski definition) is 0. The molecule has 0 amide bonds. The van der Waals surface area contributed by atoms with Crippen molar-refractivity contribution in [2.24, 2.45) is 0 Å². The van der Waals surface area contributed by atoms with E-state index in [0.29, 0.717) is 11.1 Å². The van der Waals surface area contributed by atoms with Crippen LogP contribution in [0.5, 0.6) is 5.75 Å². The van der Waals surface area contributed by atoms with E-state index in [0.717, 1.165) is 2.88 Å². The molecule has 0 fully saturated rings. The summed E-state index contributed by atoms with van der Waals surface area (Å²) in [6, 6.07) is 9.19. The van der Waals surface area contributed by atoms with Gasteiger partial charge in [-0.2, -0.15) is 14.0 Å². The number of nitriles is 1. The number of ketones is 1. The van der Waals surface area contributed by atoms with Gasteiger partial charge in [-0.3, -0.25) is 4.79 Å². The van der Waals surface area contributed by atoms with Gasteiger partial charge in [0.15, 0.2) is 5.78 Å². The molecule has 108 valence electrons. The van der Waals surface area contributed by atoms with E-state index in [1.807, 2.05) is 6.07 Å². The number of Topliss-reactive ketones (excluding diaryl/α,β-unsaturated/α-hetero) is 1. The Morgan fingerprint density at radius 1 is 1.33 bits per heavy atom. The van der Waals surface area contributed by atoms with E-state index >= 15 is 0 Å². The standard InChI is InChI=1S/C14H8F2INO2S/c15-14(16)20-10-3-1-8(2-4-10)11(6-18)13(19)9-5-12(17)21-7-9/h1-5,7,11,14H. The molecule has 0 spiro atoms. The molecule has 0 saturated carbocycles. The predicted octanol–water partition coefficient (Wildman–Crippen LogP) is 4.44. The lowest BCUT2D eigenvalue weighted by molar-refractivity contribution is -0.0498. The lowest BCUT2D eigenvalue weighted by atomic mass is 9.93. The van der Waals surface area contributed by atoms with Gasteiger partial charge in [-0.15, -0.1) is 11.3 Å². The maximum atomic E-state index is 12.3. The smallest absolute Gasteiger partial charge is 0.387 e. The summed E-state index contributed by atoms with van der Waals surface area (Å²) in [6.45, 7) is -2.91. The van der Waals surface area contributed by atoms with E-state index in [-0.39, 0.29) is 11.5 Å². The molecule has 0 aliphatic rings. The van der Waals surface area contributed by atoms with Gasteiger partial charge in [0, 0.05) is 10.9 Å². The molecule has 0 bridgehead atoms. The van der Waals surface area contributed by atoms with Crippen LogP contribution in [0, 0.1) is 14.2 Å². The van der Waals surface area contributed by atoms with Crippen molar-refractivity contribution >= 4 is 39.7 Å². The molecule has 1 unspecified atom stereocenters. The SMILES string of the molecule is N#CC(C(=O)c1csc(I)c1)c1ccc(OC(F)F)cc1. The molecular weight excluding hydrogens is 411 g/mol. The second kappa shape index (κ2) is 6.95. The molecule has 3 nitrogen and oxygen atoms in total. The Kier molecular flexibility index (Phi) is 5.25. The van der Waals surface area contributed by atoms with Crippen molar-refractivity contribution in [2.45, 2.75) is 12.5 Å². The van der Waals surface area contributed by atoms with Crippen LogP contribution in [0.1, 0.15) is 21.8 Å². The molecule has 0 aliphatic carbocycles. The fourth-order valence-electron chi connectivity index (χ4n) is 1.73. The number of benzene rings is 1. The molecule has 0 radical (unpaired) electrons. The summed E-state index contributed by atoms with van der Waals surface area (Å²) in [7, 11) is 0. The van der Waals surface area contributed by atoms with E-state index in [2.05, 4.69) is 27.3 Å². The van der Waals surface area contributed by atoms with Crippen molar-refractivity contribution in [1.29, 1.82) is 5.26 Å². The van der Waals surface area contributed by atoms with Crippen LogP contribution in [0.4, 0.5) is 8.78 Å². The van der Waals surface area contributed by atoms with E-state index in [4.69, 9.17) is 0 Å². The normalized spacial score (nSPS) is 12.0. The second-order valence-corrected chi connectivity index (χ2v) is 6.82. The second-order valence-electron chi connectivity index (χ2n) is 4.01. The third-order valence-corrected chi connectivity index (χ3v) is 4.47. The number of nitrogens with zero attached hydrogens (tertiary/aromatic N) is 1. The first-order valence-electron chi connectivity index (χ1n) is 5.74. The number of alkyl halides is 2. The Bertz CT molecular complexity index is 679. The summed E-state index contributed by atoms with van der Waals surface area (Å²) < 4.78 is 29.3. The minimum atomic E-state index is -2.91. The van der Waals surface area contributed by atoms with Crippen LogP contribution >= 0.6 is 33.9 Å². The van der Waals surface area contributed by atoms with E-state index in [1.54, 1.807) is 11.4 Å². The molecule has 1 aromatic heterocycles. The lowest BCUT2D eigenvalue weighted by Crippen LogP contribution is -2.10. The summed E-state index contributed by atoms with van der Waals surface area (Å²) in [5.74, 6) is -1.28. The minimum absolute atomic E-state index is 0.0111. The van der Waals surface area contributed by atoms with Gasteiger partial charge in [-0.25, -0.2) is 0 Å². The number of hydrogen-bond acceptors (Lipinski definition) is 4. The van der Waals surface area contributed by atoms with Crippen LogP contribution in [0.15, 0.2) is 35.7 Å². The predicted molar refractivity (Wildman–Crippen MR) is 82.8 cm³/mol. The van der Waals surface area contributed by atoms with E-state index < -0.39 is 12.5 Å². The van der Waals surface area contributed by atoms with E-state index in [9.17, 15) is 18.8 Å². The summed E-state index contributed by atoms with van der Waals surface area (Å²) in [5.41, 5.74) is 0.925. The summed E-state index contributed by atoms with van der Waals surface area (Å²) >= 11 is 3.51. The van der Waals surface area contributed by atoms with Crippen molar-refractivity contribution < 1.29 is 18.3 Å². The van der Waals surface area contributed by atoms with Gasteiger partial charge in [0.05, 0.1) is 8.95 Å². The molecule has 1 aromatic carbocycles. The fraction of sp³-hybridized carbons (Fsp3) is 0.143. The molecule has 21 heavy (non-hydrogen) atoms. The van der Waals surface area contributed by atoms with Crippen molar-refractivity contribution in [3.63, 3.8) is 0 Å². The van der Waals surface area contributed by atoms with Gasteiger partial charge in [-0.1, -0.05) is 12.1 Å². The third-order valence-electron chi connectivity index (χ3n) is 2.68. The zero-order valence-electron chi connectivity index (χ0n) is 10.4. The summed E-state index contributed by atoms with van der Waals surface area (Å²) in [6.07, 6.45) is 0. The summed E-state index contributed by atoms with van der Waals surface area (Å²) in [4.78, 5) is 12.3. The maximum absolute atomic E-state index is 12.3. The minimum Gasteiger partial charge on any atom is -0.435 e. The number of ether oxygens (including phenoxy) is 1. The highest BCUT2D eigenvalue weighted by Crippen LogP contribution is 2.26. The van der Waals surface area contributed by atoms with Gasteiger partial charge in [0.2, 0.25) is 0 Å². The molecule has 0 N–H and O–H groups in total. The maximum Gasteiger partial charge on any atom is 0.387 e. The van der Waals surface area contributed by atoms with Crippen molar-refractivity contribution in [3.05, 3.63) is 49.7 Å². The van der Waals surface area contributed by atoms with Crippen LogP contribution in [0.2, 0.25) is 0 Å². The average Bonchev–Trinajstić information content (AvgIpc) is 2.87. The van der Waals surface area contributed by atoms with Gasteiger partial charge in [0.1, 0.15) is 11.7 Å². The third kappa shape index (κ3) is 3.98. The molecule has 1 atom stereocenters. The first kappa shape index (κ1) is 15.9. The van der Waals surface area contributed by atoms with Gasteiger partial charge in [-0.05, 0) is 46.4 Å². The molecule has 2 aromatic rings. The van der Waals surface area contributed by atoms with Crippen LogP contribution in [0.3, 0.4) is 0 Å². The van der Waals surface area contributed by atoms with Gasteiger partial charge >= 0.3 is 6.61 Å². The molecule has 0 saturated heterocycles. The Labute approximate surface area is 137 Å². The number of thiophene rings is 1. The highest BCUT2D eigenvalue weighted by Gasteiger charge is 2.22. The average molecular weight is 419 g/mol. The number of carbonyl (C=O) groups excluding carboxylic acids is 1. The van der Waals surface area contributed by atoms with Gasteiger partial charge < -0.3 is 4.74 Å². The van der Waals surface area contributed by atoms with Crippen molar-refractivity contribution in [3.8, 4) is 11.8 Å². The van der Waals surface area contributed by atoms with E-state index in [1.165, 1.54) is 35.6 Å². The van der Waals surface area contributed by atoms with Crippen LogP contribution in [-0.4, -0.2) is 12.4 Å². The summed E-state index contributed by atoms with van der Waals surface area (Å²) in [5, 5.41) is 10.9. The zero-order chi connectivity index (χ0) is 15.4. The van der Waals surface area contributed by atoms with Crippen LogP contribution in [0.25, 0.3) is 0 Å². The lowest BCUT2D eigenvalue weighted by Gasteiger charge is -2.09. The highest BCUT2D eigenvalue weighted by atomic mass is 127. The topological polar surface area (TPSA) is 50.1 Å². The Hall–Kier alpha value is -1.53. The van der Waals surface area contributed by atoms with Crippen molar-refractivity contribution in [2.75, 3.05) is 0 Å². The molecule has 2 rings (SSSR count). The Morgan fingerprint density at radius 2 is 2.00 bits per heavy atom. The quantitative estimate of drug-likeness (QED) is 0.532. The van der Waals surface area contributed by atoms with Crippen LogP contribution in [-0.2, 0) is 0 Å². The first-order chi connectivity index (χ1) is 10.0. The Balaban J connectivity index is 2.21. The van der Waals surface area contributed by atoms with Crippen LogP contribution < -0.4 is 4.74 Å². The highest BCUT2D eigenvalue weighted by molar-refractivity contribution is 14.1. The largest absolute Gasteiger partial charge is 0.435 e. The van der Waals surface area contributed by atoms with Gasteiger partial charge in [0.25, 0.3) is 0 Å². The number of rotatable bonds is 5. The number of carbonyl (C=O) groups is 1. The molecule has 1 heterocycles. The first-order valence-corrected chi connectivity index (χ1v) is 7.69. The number of halogens is 3. The fourth-order valence-corrected chi connectivity index (χ4v) is 3.07. The molecule has 7 heteroatoms.